The number of piperazine rings is 1. The fourth-order valence-electron chi connectivity index (χ4n) is 3.43. The van der Waals surface area contributed by atoms with Gasteiger partial charge in [-0.1, -0.05) is 19.1 Å². The van der Waals surface area contributed by atoms with Crippen molar-refractivity contribution in [3.05, 3.63) is 24.3 Å². The Hall–Kier alpha value is -2.64. The van der Waals surface area contributed by atoms with Gasteiger partial charge in [-0.3, -0.25) is 4.99 Å². The van der Waals surface area contributed by atoms with Gasteiger partial charge >= 0.3 is 6.09 Å². The molecule has 30 heavy (non-hydrogen) atoms. The normalized spacial score (nSPS) is 16.3. The number of para-hydroxylation sites is 2. The first-order valence-corrected chi connectivity index (χ1v) is 10.5. The molecule has 1 unspecified atom stereocenters. The first-order valence-electron chi connectivity index (χ1n) is 10.5. The minimum Gasteiger partial charge on any atom is -0.506 e. The minimum atomic E-state index is -0.493. The number of aliphatic imine (C=N–C) groups is 1. The maximum Gasteiger partial charge on any atom is 0.410 e. The molecule has 1 heterocycles. The second kappa shape index (κ2) is 10.4. The molecule has 0 saturated carbocycles. The molecule has 0 aromatic heterocycles. The number of amides is 1. The number of phenolic OH excluding ortho intramolecular Hbond substituents is 1. The molecule has 0 radical (unpaired) electrons. The number of rotatable bonds is 5. The number of aromatic hydroxyl groups is 1. The predicted molar refractivity (Wildman–Crippen MR) is 121 cm³/mol. The van der Waals surface area contributed by atoms with Crippen molar-refractivity contribution >= 4 is 17.7 Å². The number of hydrogen-bond donors (Lipinski definition) is 2. The van der Waals surface area contributed by atoms with Crippen LogP contribution in [0.1, 0.15) is 27.7 Å². The molecule has 168 valence electrons. The monoisotopic (exact) mass is 419 g/mol. The summed E-state index contributed by atoms with van der Waals surface area (Å²) in [6.45, 7) is 12.3. The fraction of sp³-hybridized carbons (Fsp3) is 0.636. The van der Waals surface area contributed by atoms with E-state index in [2.05, 4.69) is 27.0 Å². The van der Waals surface area contributed by atoms with Gasteiger partial charge < -0.3 is 29.9 Å². The maximum atomic E-state index is 12.1. The molecule has 0 spiro atoms. The highest BCUT2D eigenvalue weighted by Gasteiger charge is 2.23. The molecule has 0 aliphatic carbocycles. The molecule has 1 aromatic carbocycles. The SMILES string of the molecule is CN=C(NCC(C)CN(C)C(=O)OC(C)(C)C)N1CCN(c2ccccc2O)CC1. The minimum absolute atomic E-state index is 0.238. The Bertz CT molecular complexity index is 724. The smallest absolute Gasteiger partial charge is 0.410 e. The summed E-state index contributed by atoms with van der Waals surface area (Å²) in [6, 6.07) is 7.44. The zero-order valence-corrected chi connectivity index (χ0v) is 19.2. The lowest BCUT2D eigenvalue weighted by molar-refractivity contribution is 0.0277. The average Bonchev–Trinajstić information content (AvgIpc) is 2.68. The summed E-state index contributed by atoms with van der Waals surface area (Å²) < 4.78 is 5.41. The molecular formula is C22H37N5O3. The molecule has 1 saturated heterocycles. The molecule has 8 nitrogen and oxygen atoms in total. The fourth-order valence-corrected chi connectivity index (χ4v) is 3.43. The van der Waals surface area contributed by atoms with E-state index in [4.69, 9.17) is 4.74 Å². The lowest BCUT2D eigenvalue weighted by Crippen LogP contribution is -2.53. The van der Waals surface area contributed by atoms with Crippen LogP contribution in [0.25, 0.3) is 0 Å². The van der Waals surface area contributed by atoms with Crippen molar-refractivity contribution in [3.8, 4) is 5.75 Å². The molecule has 1 aliphatic heterocycles. The van der Waals surface area contributed by atoms with Crippen molar-refractivity contribution in [2.45, 2.75) is 33.3 Å². The lowest BCUT2D eigenvalue weighted by Gasteiger charge is -2.38. The first kappa shape index (κ1) is 23.6. The summed E-state index contributed by atoms with van der Waals surface area (Å²) in [5.41, 5.74) is 0.381. The van der Waals surface area contributed by atoms with Crippen LogP contribution in [0.15, 0.2) is 29.3 Å². The standard InChI is InChI=1S/C22H37N5O3/c1-17(16-25(6)21(29)30-22(2,3)4)15-24-20(23-5)27-13-11-26(12-14-27)18-9-7-8-10-19(18)28/h7-10,17,28H,11-16H2,1-6H3,(H,23,24). The van der Waals surface area contributed by atoms with Crippen LogP contribution in [0.4, 0.5) is 10.5 Å². The van der Waals surface area contributed by atoms with E-state index >= 15 is 0 Å². The van der Waals surface area contributed by atoms with E-state index in [1.54, 1.807) is 25.1 Å². The van der Waals surface area contributed by atoms with Crippen LogP contribution in [0.2, 0.25) is 0 Å². The van der Waals surface area contributed by atoms with E-state index in [0.29, 0.717) is 18.8 Å². The molecule has 0 bridgehead atoms. The molecule has 1 aromatic rings. The Morgan fingerprint density at radius 1 is 1.27 bits per heavy atom. The van der Waals surface area contributed by atoms with Crippen molar-refractivity contribution < 1.29 is 14.6 Å². The van der Waals surface area contributed by atoms with Crippen molar-refractivity contribution in [1.29, 1.82) is 0 Å². The summed E-state index contributed by atoms with van der Waals surface area (Å²) in [6.07, 6.45) is -0.306. The summed E-state index contributed by atoms with van der Waals surface area (Å²) in [4.78, 5) is 22.6. The van der Waals surface area contributed by atoms with E-state index in [-0.39, 0.29) is 12.0 Å². The number of carbonyl (C=O) groups is 1. The Kier molecular flexibility index (Phi) is 8.20. The van der Waals surface area contributed by atoms with E-state index in [1.807, 2.05) is 39.0 Å². The average molecular weight is 420 g/mol. The molecule has 8 heteroatoms. The van der Waals surface area contributed by atoms with Gasteiger partial charge in [0.05, 0.1) is 5.69 Å². The van der Waals surface area contributed by atoms with Crippen LogP contribution in [0.3, 0.4) is 0 Å². The molecule has 1 amide bonds. The second-order valence-corrected chi connectivity index (χ2v) is 8.86. The third-order valence-electron chi connectivity index (χ3n) is 4.91. The van der Waals surface area contributed by atoms with Gasteiger partial charge in [-0.2, -0.15) is 0 Å². The third-order valence-corrected chi connectivity index (χ3v) is 4.91. The first-order chi connectivity index (χ1) is 14.1. The molecule has 1 atom stereocenters. The molecule has 1 aliphatic rings. The number of nitrogens with one attached hydrogen (secondary N) is 1. The van der Waals surface area contributed by atoms with Gasteiger partial charge in [0.1, 0.15) is 11.4 Å². The largest absolute Gasteiger partial charge is 0.506 e. The lowest BCUT2D eigenvalue weighted by atomic mass is 10.1. The maximum absolute atomic E-state index is 12.1. The highest BCUT2D eigenvalue weighted by Crippen LogP contribution is 2.27. The van der Waals surface area contributed by atoms with E-state index in [1.165, 1.54) is 0 Å². The van der Waals surface area contributed by atoms with Gasteiger partial charge in [-0.15, -0.1) is 0 Å². The number of ether oxygens (including phenoxy) is 1. The van der Waals surface area contributed by atoms with E-state index in [0.717, 1.165) is 37.8 Å². The summed E-state index contributed by atoms with van der Waals surface area (Å²) in [7, 11) is 3.55. The van der Waals surface area contributed by atoms with Crippen molar-refractivity contribution in [2.75, 3.05) is 58.3 Å². The predicted octanol–water partition coefficient (Wildman–Crippen LogP) is 2.59. The number of phenols is 1. The summed E-state index contributed by atoms with van der Waals surface area (Å²) in [5, 5.41) is 13.5. The van der Waals surface area contributed by atoms with Gasteiger partial charge in [0.15, 0.2) is 5.96 Å². The van der Waals surface area contributed by atoms with Crippen LogP contribution < -0.4 is 10.2 Å². The van der Waals surface area contributed by atoms with Crippen molar-refractivity contribution in [1.82, 2.24) is 15.1 Å². The highest BCUT2D eigenvalue weighted by molar-refractivity contribution is 5.80. The van der Waals surface area contributed by atoms with Crippen LogP contribution in [0.5, 0.6) is 5.75 Å². The number of hydrogen-bond acceptors (Lipinski definition) is 5. The van der Waals surface area contributed by atoms with Crippen molar-refractivity contribution in [3.63, 3.8) is 0 Å². The van der Waals surface area contributed by atoms with Gasteiger partial charge in [0, 0.05) is 53.4 Å². The molecular weight excluding hydrogens is 382 g/mol. The van der Waals surface area contributed by atoms with E-state index in [9.17, 15) is 9.90 Å². The second-order valence-electron chi connectivity index (χ2n) is 8.86. The van der Waals surface area contributed by atoms with E-state index < -0.39 is 5.60 Å². The van der Waals surface area contributed by atoms with Crippen LogP contribution in [-0.2, 0) is 4.74 Å². The Labute approximate surface area is 180 Å². The van der Waals surface area contributed by atoms with Gasteiger partial charge in [-0.05, 0) is 38.8 Å². The van der Waals surface area contributed by atoms with Gasteiger partial charge in [0.25, 0.3) is 0 Å². The number of benzene rings is 1. The van der Waals surface area contributed by atoms with Crippen LogP contribution >= 0.6 is 0 Å². The molecule has 2 N–H and O–H groups in total. The zero-order valence-electron chi connectivity index (χ0n) is 19.2. The number of nitrogens with zero attached hydrogens (tertiary/aromatic N) is 4. The van der Waals surface area contributed by atoms with Crippen LogP contribution in [0, 0.1) is 5.92 Å². The summed E-state index contributed by atoms with van der Waals surface area (Å²) in [5.74, 6) is 1.41. The third kappa shape index (κ3) is 7.00. The topological polar surface area (TPSA) is 80.6 Å². The number of carbonyl (C=O) groups excluding carboxylic acids is 1. The highest BCUT2D eigenvalue weighted by atomic mass is 16.6. The Morgan fingerprint density at radius 3 is 2.47 bits per heavy atom. The molecule has 1 fully saturated rings. The van der Waals surface area contributed by atoms with Gasteiger partial charge in [-0.25, -0.2) is 4.79 Å². The number of anilines is 1. The Balaban J connectivity index is 1.79. The summed E-state index contributed by atoms with van der Waals surface area (Å²) >= 11 is 0. The number of guanidine groups is 1. The van der Waals surface area contributed by atoms with Crippen molar-refractivity contribution in [2.24, 2.45) is 10.9 Å². The molecule has 2 rings (SSSR count). The van der Waals surface area contributed by atoms with Crippen LogP contribution in [-0.4, -0.2) is 85.9 Å². The quantitative estimate of drug-likeness (QED) is 0.564. The zero-order chi connectivity index (χ0) is 22.3. The Morgan fingerprint density at radius 2 is 1.90 bits per heavy atom. The van der Waals surface area contributed by atoms with Gasteiger partial charge in [0.2, 0.25) is 0 Å².